The number of nitrogens with one attached hydrogen (secondary N) is 1. The lowest BCUT2D eigenvalue weighted by Gasteiger charge is -2.29. The Hall–Kier alpha value is -0.570. The van der Waals surface area contributed by atoms with Crippen LogP contribution in [0.5, 0.6) is 0 Å². The predicted octanol–water partition coefficient (Wildman–Crippen LogP) is 2.27. The number of hydrogen-bond donors (Lipinski definition) is 1. The number of amides is 1. The van der Waals surface area contributed by atoms with Crippen molar-refractivity contribution in [3.63, 3.8) is 0 Å². The van der Waals surface area contributed by atoms with Crippen molar-refractivity contribution in [3.8, 4) is 0 Å². The monoisotopic (exact) mass is 240 g/mol. The summed E-state index contributed by atoms with van der Waals surface area (Å²) in [6.07, 6.45) is 4.31. The van der Waals surface area contributed by atoms with Gasteiger partial charge in [-0.15, -0.1) is 0 Å². The molecule has 0 aliphatic carbocycles. The summed E-state index contributed by atoms with van der Waals surface area (Å²) in [5, 5.41) is 3.00. The van der Waals surface area contributed by atoms with Gasteiger partial charge in [-0.2, -0.15) is 0 Å². The third-order valence-corrected chi connectivity index (χ3v) is 3.58. The molecule has 17 heavy (non-hydrogen) atoms. The first-order valence-electron chi connectivity index (χ1n) is 7.07. The van der Waals surface area contributed by atoms with Crippen LogP contribution in [0.4, 0.5) is 0 Å². The number of rotatable bonds is 6. The summed E-state index contributed by atoms with van der Waals surface area (Å²) in [6, 6.07) is 0. The Morgan fingerprint density at radius 3 is 2.59 bits per heavy atom. The second-order valence-electron chi connectivity index (χ2n) is 5.81. The zero-order chi connectivity index (χ0) is 12.7. The number of carbonyl (C=O) groups is 1. The van der Waals surface area contributed by atoms with Gasteiger partial charge < -0.3 is 10.2 Å². The van der Waals surface area contributed by atoms with E-state index in [1.165, 1.54) is 25.9 Å². The molecule has 0 radical (unpaired) electrons. The maximum atomic E-state index is 11.6. The first-order chi connectivity index (χ1) is 8.08. The van der Waals surface area contributed by atoms with E-state index in [-0.39, 0.29) is 5.91 Å². The van der Waals surface area contributed by atoms with Gasteiger partial charge in [0, 0.05) is 19.5 Å². The predicted molar refractivity (Wildman–Crippen MR) is 71.9 cm³/mol. The van der Waals surface area contributed by atoms with Gasteiger partial charge in [0.15, 0.2) is 0 Å². The summed E-state index contributed by atoms with van der Waals surface area (Å²) < 4.78 is 0. The highest BCUT2D eigenvalue weighted by atomic mass is 16.1. The van der Waals surface area contributed by atoms with E-state index in [1.807, 2.05) is 0 Å². The summed E-state index contributed by atoms with van der Waals surface area (Å²) in [7, 11) is 0. The average Bonchev–Trinajstić information content (AvgIpc) is 2.28. The first-order valence-corrected chi connectivity index (χ1v) is 7.07. The molecule has 1 saturated heterocycles. The van der Waals surface area contributed by atoms with Gasteiger partial charge in [0.25, 0.3) is 0 Å². The number of hydrogen-bond acceptors (Lipinski definition) is 2. The molecule has 0 aromatic heterocycles. The second-order valence-corrected chi connectivity index (χ2v) is 5.81. The van der Waals surface area contributed by atoms with Crippen LogP contribution in [0.2, 0.25) is 0 Å². The fourth-order valence-electron chi connectivity index (χ4n) is 2.13. The van der Waals surface area contributed by atoms with Crippen molar-refractivity contribution in [1.29, 1.82) is 0 Å². The van der Waals surface area contributed by atoms with E-state index in [0.29, 0.717) is 12.3 Å². The Balaban J connectivity index is 2.03. The molecule has 1 heterocycles. The summed E-state index contributed by atoms with van der Waals surface area (Å²) >= 11 is 0. The molecule has 0 spiro atoms. The third-order valence-electron chi connectivity index (χ3n) is 3.58. The van der Waals surface area contributed by atoms with E-state index in [4.69, 9.17) is 0 Å². The zero-order valence-corrected chi connectivity index (χ0v) is 11.7. The van der Waals surface area contributed by atoms with E-state index in [0.717, 1.165) is 25.4 Å². The van der Waals surface area contributed by atoms with Crippen LogP contribution in [-0.2, 0) is 4.79 Å². The summed E-state index contributed by atoms with van der Waals surface area (Å²) in [6.45, 7) is 10.8. The third kappa shape index (κ3) is 6.67. The molecule has 100 valence electrons. The van der Waals surface area contributed by atoms with E-state index in [2.05, 4.69) is 31.0 Å². The molecule has 0 unspecified atom stereocenters. The van der Waals surface area contributed by atoms with Gasteiger partial charge in [0.1, 0.15) is 0 Å². The molecule has 1 rings (SSSR count). The minimum Gasteiger partial charge on any atom is -0.356 e. The molecule has 0 aromatic carbocycles. The SMILES string of the molecule is CC(C)CCNC(=O)CCN1CCC(C)CC1. The van der Waals surface area contributed by atoms with Crippen LogP contribution in [-0.4, -0.2) is 37.0 Å². The minimum atomic E-state index is 0.212. The molecule has 3 nitrogen and oxygen atoms in total. The van der Waals surface area contributed by atoms with Crippen LogP contribution in [0.15, 0.2) is 0 Å². The summed E-state index contributed by atoms with van der Waals surface area (Å²) in [5.41, 5.74) is 0. The number of piperidine rings is 1. The van der Waals surface area contributed by atoms with Crippen LogP contribution in [0, 0.1) is 11.8 Å². The molecular weight excluding hydrogens is 212 g/mol. The standard InChI is InChI=1S/C14H28N2O/c1-12(2)4-8-15-14(17)7-11-16-9-5-13(3)6-10-16/h12-13H,4-11H2,1-3H3,(H,15,17). The van der Waals surface area contributed by atoms with Gasteiger partial charge in [-0.25, -0.2) is 0 Å². The Labute approximate surface area is 106 Å². The normalized spacial score (nSPS) is 18.6. The number of carbonyl (C=O) groups excluding carboxylic acids is 1. The van der Waals surface area contributed by atoms with Crippen molar-refractivity contribution >= 4 is 5.91 Å². The fraction of sp³-hybridized carbons (Fsp3) is 0.929. The lowest BCUT2D eigenvalue weighted by atomic mass is 9.99. The molecule has 1 amide bonds. The Kier molecular flexibility index (Phi) is 6.56. The summed E-state index contributed by atoms with van der Waals surface area (Å²) in [5.74, 6) is 1.74. The summed E-state index contributed by atoms with van der Waals surface area (Å²) in [4.78, 5) is 14.0. The largest absolute Gasteiger partial charge is 0.356 e. The molecule has 3 heteroatoms. The smallest absolute Gasteiger partial charge is 0.221 e. The highest BCUT2D eigenvalue weighted by Crippen LogP contribution is 2.15. The molecule has 0 bridgehead atoms. The topological polar surface area (TPSA) is 32.3 Å². The first kappa shape index (κ1) is 14.5. The van der Waals surface area contributed by atoms with Gasteiger partial charge >= 0.3 is 0 Å². The lowest BCUT2D eigenvalue weighted by Crippen LogP contribution is -2.36. The Morgan fingerprint density at radius 2 is 2.00 bits per heavy atom. The van der Waals surface area contributed by atoms with Crippen LogP contribution in [0.3, 0.4) is 0 Å². The molecule has 1 N–H and O–H groups in total. The van der Waals surface area contributed by atoms with Crippen LogP contribution in [0.1, 0.15) is 46.5 Å². The molecular formula is C14H28N2O. The van der Waals surface area contributed by atoms with Crippen molar-refractivity contribution in [1.82, 2.24) is 10.2 Å². The molecule has 1 aliphatic rings. The van der Waals surface area contributed by atoms with E-state index < -0.39 is 0 Å². The molecule has 1 fully saturated rings. The van der Waals surface area contributed by atoms with E-state index in [1.54, 1.807) is 0 Å². The van der Waals surface area contributed by atoms with E-state index in [9.17, 15) is 4.79 Å². The fourth-order valence-corrected chi connectivity index (χ4v) is 2.13. The highest BCUT2D eigenvalue weighted by molar-refractivity contribution is 5.75. The Morgan fingerprint density at radius 1 is 1.35 bits per heavy atom. The quantitative estimate of drug-likeness (QED) is 0.772. The van der Waals surface area contributed by atoms with Crippen molar-refractivity contribution in [2.24, 2.45) is 11.8 Å². The molecule has 0 atom stereocenters. The molecule has 0 saturated carbocycles. The number of likely N-dealkylation sites (tertiary alicyclic amines) is 1. The zero-order valence-electron chi connectivity index (χ0n) is 11.7. The van der Waals surface area contributed by atoms with Gasteiger partial charge in [-0.3, -0.25) is 4.79 Å². The van der Waals surface area contributed by atoms with Gasteiger partial charge in [0.05, 0.1) is 0 Å². The lowest BCUT2D eigenvalue weighted by molar-refractivity contribution is -0.121. The van der Waals surface area contributed by atoms with E-state index >= 15 is 0 Å². The second kappa shape index (κ2) is 7.70. The van der Waals surface area contributed by atoms with Crippen LogP contribution >= 0.6 is 0 Å². The van der Waals surface area contributed by atoms with Crippen molar-refractivity contribution in [3.05, 3.63) is 0 Å². The van der Waals surface area contributed by atoms with Gasteiger partial charge in [-0.05, 0) is 44.2 Å². The Bertz CT molecular complexity index is 220. The number of nitrogens with zero attached hydrogens (tertiary/aromatic N) is 1. The maximum Gasteiger partial charge on any atom is 0.221 e. The van der Waals surface area contributed by atoms with Crippen LogP contribution in [0.25, 0.3) is 0 Å². The van der Waals surface area contributed by atoms with Gasteiger partial charge in [-0.1, -0.05) is 20.8 Å². The highest BCUT2D eigenvalue weighted by Gasteiger charge is 2.15. The van der Waals surface area contributed by atoms with Crippen molar-refractivity contribution < 1.29 is 4.79 Å². The average molecular weight is 240 g/mol. The van der Waals surface area contributed by atoms with Gasteiger partial charge in [0.2, 0.25) is 5.91 Å². The maximum absolute atomic E-state index is 11.6. The molecule has 0 aromatic rings. The minimum absolute atomic E-state index is 0.212. The van der Waals surface area contributed by atoms with Crippen LogP contribution < -0.4 is 5.32 Å². The molecule has 1 aliphatic heterocycles. The van der Waals surface area contributed by atoms with Crippen molar-refractivity contribution in [2.75, 3.05) is 26.2 Å². The van der Waals surface area contributed by atoms with Crippen molar-refractivity contribution in [2.45, 2.75) is 46.5 Å².